The Hall–Kier alpha value is -3.16. The Labute approximate surface area is 188 Å². The highest BCUT2D eigenvalue weighted by Gasteiger charge is 2.57. The van der Waals surface area contributed by atoms with Gasteiger partial charge in [0.1, 0.15) is 5.75 Å². The first-order valence-electron chi connectivity index (χ1n) is 10.6. The van der Waals surface area contributed by atoms with E-state index in [1.807, 2.05) is 54.6 Å². The maximum Gasteiger partial charge on any atom is 0.253 e. The summed E-state index contributed by atoms with van der Waals surface area (Å²) >= 11 is 0. The van der Waals surface area contributed by atoms with Crippen LogP contribution in [0.4, 0.5) is 0 Å². The molecule has 0 saturated carbocycles. The SMILES string of the molecule is COc1ccc(CN2[C@@]3(CCN(C(=O)c4ccccc4)C3)c3ccccc3S2(=O)=O)cc1. The Kier molecular flexibility index (Phi) is 5.03. The number of likely N-dealkylation sites (tertiary alicyclic amines) is 1. The number of hydrogen-bond acceptors (Lipinski definition) is 4. The molecule has 2 aliphatic heterocycles. The van der Waals surface area contributed by atoms with Gasteiger partial charge in [0, 0.05) is 25.2 Å². The largest absolute Gasteiger partial charge is 0.497 e. The highest BCUT2D eigenvalue weighted by molar-refractivity contribution is 7.89. The molecule has 2 heterocycles. The van der Waals surface area contributed by atoms with E-state index in [9.17, 15) is 13.2 Å². The molecule has 0 N–H and O–H groups in total. The van der Waals surface area contributed by atoms with Crippen molar-refractivity contribution in [2.75, 3.05) is 20.2 Å². The molecule has 32 heavy (non-hydrogen) atoms. The van der Waals surface area contributed by atoms with Gasteiger partial charge < -0.3 is 9.64 Å². The molecule has 1 fully saturated rings. The van der Waals surface area contributed by atoms with Gasteiger partial charge in [-0.05, 0) is 47.9 Å². The summed E-state index contributed by atoms with van der Waals surface area (Å²) in [6.07, 6.45) is 0.554. The molecule has 164 valence electrons. The van der Waals surface area contributed by atoms with E-state index in [-0.39, 0.29) is 12.5 Å². The average molecular weight is 449 g/mol. The van der Waals surface area contributed by atoms with Crippen molar-refractivity contribution in [2.24, 2.45) is 0 Å². The zero-order chi connectivity index (χ0) is 22.3. The summed E-state index contributed by atoms with van der Waals surface area (Å²) in [5.74, 6) is 0.644. The summed E-state index contributed by atoms with van der Waals surface area (Å²) in [5.41, 5.74) is 1.48. The normalized spacial score (nSPS) is 21.6. The fraction of sp³-hybridized carbons (Fsp3) is 0.240. The van der Waals surface area contributed by atoms with Crippen LogP contribution in [-0.2, 0) is 22.1 Å². The zero-order valence-corrected chi connectivity index (χ0v) is 18.6. The molecule has 0 aliphatic carbocycles. The molecule has 1 spiro atoms. The van der Waals surface area contributed by atoms with E-state index in [2.05, 4.69) is 0 Å². The van der Waals surface area contributed by atoms with Gasteiger partial charge in [0.05, 0.1) is 17.5 Å². The molecule has 1 atom stereocenters. The predicted molar refractivity (Wildman–Crippen MR) is 121 cm³/mol. The highest BCUT2D eigenvalue weighted by atomic mass is 32.2. The monoisotopic (exact) mass is 448 g/mol. The van der Waals surface area contributed by atoms with E-state index in [1.54, 1.807) is 40.6 Å². The molecule has 0 aromatic heterocycles. The average Bonchev–Trinajstić information content (AvgIpc) is 3.35. The zero-order valence-electron chi connectivity index (χ0n) is 17.8. The number of amides is 1. The van der Waals surface area contributed by atoms with Gasteiger partial charge in [-0.15, -0.1) is 0 Å². The number of hydrogen-bond donors (Lipinski definition) is 0. The summed E-state index contributed by atoms with van der Waals surface area (Å²) in [6, 6.07) is 23.7. The number of fused-ring (bicyclic) bond motifs is 2. The maximum atomic E-state index is 13.6. The number of sulfonamides is 1. The minimum atomic E-state index is -3.70. The number of carbonyl (C=O) groups excluding carboxylic acids is 1. The van der Waals surface area contributed by atoms with Crippen LogP contribution in [0, 0.1) is 0 Å². The molecule has 3 aromatic rings. The standard InChI is InChI=1S/C25H24N2O4S/c1-31-21-13-11-19(12-14-21)17-27-25(22-9-5-6-10-23(22)32(27,29)30)15-16-26(18-25)24(28)20-7-3-2-4-8-20/h2-14H,15-18H2,1H3/t25-/m1/s1. The Morgan fingerprint density at radius 3 is 2.38 bits per heavy atom. The smallest absolute Gasteiger partial charge is 0.253 e. The molecule has 6 nitrogen and oxygen atoms in total. The van der Waals surface area contributed by atoms with Crippen LogP contribution in [0.15, 0.2) is 83.8 Å². The van der Waals surface area contributed by atoms with E-state index in [1.165, 1.54) is 0 Å². The van der Waals surface area contributed by atoms with Crippen LogP contribution in [-0.4, -0.2) is 43.7 Å². The number of carbonyl (C=O) groups is 1. The minimum Gasteiger partial charge on any atom is -0.497 e. The number of ether oxygens (including phenoxy) is 1. The molecule has 7 heteroatoms. The third-order valence-electron chi connectivity index (χ3n) is 6.47. The second kappa shape index (κ2) is 7.76. The lowest BCUT2D eigenvalue weighted by Crippen LogP contribution is -2.46. The van der Waals surface area contributed by atoms with Crippen molar-refractivity contribution in [1.29, 1.82) is 0 Å². The topological polar surface area (TPSA) is 66.9 Å². The van der Waals surface area contributed by atoms with Crippen molar-refractivity contribution < 1.29 is 17.9 Å². The van der Waals surface area contributed by atoms with Crippen molar-refractivity contribution >= 4 is 15.9 Å². The van der Waals surface area contributed by atoms with Crippen LogP contribution in [0.1, 0.15) is 27.9 Å². The second-order valence-corrected chi connectivity index (χ2v) is 10.1. The molecular formula is C25H24N2O4S. The van der Waals surface area contributed by atoms with Crippen LogP contribution in [0.5, 0.6) is 5.75 Å². The number of nitrogens with zero attached hydrogens (tertiary/aromatic N) is 2. The van der Waals surface area contributed by atoms with E-state index in [0.717, 1.165) is 16.9 Å². The lowest BCUT2D eigenvalue weighted by Gasteiger charge is -2.34. The van der Waals surface area contributed by atoms with E-state index >= 15 is 0 Å². The van der Waals surface area contributed by atoms with Crippen molar-refractivity contribution in [1.82, 2.24) is 9.21 Å². The molecule has 3 aromatic carbocycles. The van der Waals surface area contributed by atoms with Gasteiger partial charge in [-0.1, -0.05) is 48.5 Å². The molecule has 1 saturated heterocycles. The molecule has 1 amide bonds. The number of rotatable bonds is 4. The molecule has 0 radical (unpaired) electrons. The number of methoxy groups -OCH3 is 1. The van der Waals surface area contributed by atoms with Gasteiger partial charge >= 0.3 is 0 Å². The Bertz CT molecular complexity index is 1260. The van der Waals surface area contributed by atoms with E-state index in [4.69, 9.17) is 4.74 Å². The van der Waals surface area contributed by atoms with Gasteiger partial charge in [0.2, 0.25) is 10.0 Å². The second-order valence-electron chi connectivity index (χ2n) is 8.23. The first kappa shape index (κ1) is 20.7. The Balaban J connectivity index is 1.54. The molecule has 0 bridgehead atoms. The van der Waals surface area contributed by atoms with Crippen molar-refractivity contribution in [2.45, 2.75) is 23.4 Å². The van der Waals surface area contributed by atoms with Crippen LogP contribution in [0.3, 0.4) is 0 Å². The van der Waals surface area contributed by atoms with Gasteiger partial charge in [0.15, 0.2) is 0 Å². The fourth-order valence-electron chi connectivity index (χ4n) is 4.85. The van der Waals surface area contributed by atoms with Crippen molar-refractivity contribution in [3.63, 3.8) is 0 Å². The van der Waals surface area contributed by atoms with Gasteiger partial charge in [-0.2, -0.15) is 4.31 Å². The highest BCUT2D eigenvalue weighted by Crippen LogP contribution is 2.50. The molecule has 5 rings (SSSR count). The summed E-state index contributed by atoms with van der Waals surface area (Å²) < 4.78 is 34.1. The molecule has 0 unspecified atom stereocenters. The third-order valence-corrected chi connectivity index (χ3v) is 8.45. The Morgan fingerprint density at radius 2 is 1.66 bits per heavy atom. The van der Waals surface area contributed by atoms with Gasteiger partial charge in [0.25, 0.3) is 5.91 Å². The quantitative estimate of drug-likeness (QED) is 0.611. The Morgan fingerprint density at radius 1 is 0.969 bits per heavy atom. The minimum absolute atomic E-state index is 0.0753. The number of benzene rings is 3. The van der Waals surface area contributed by atoms with Crippen LogP contribution in [0.2, 0.25) is 0 Å². The lowest BCUT2D eigenvalue weighted by atomic mass is 9.88. The third kappa shape index (κ3) is 3.20. The first-order chi connectivity index (χ1) is 15.5. The lowest BCUT2D eigenvalue weighted by molar-refractivity contribution is 0.0762. The van der Waals surface area contributed by atoms with E-state index < -0.39 is 15.6 Å². The van der Waals surface area contributed by atoms with Crippen molar-refractivity contribution in [3.05, 3.63) is 95.6 Å². The maximum absolute atomic E-state index is 13.6. The summed E-state index contributed by atoms with van der Waals surface area (Å²) in [7, 11) is -2.10. The van der Waals surface area contributed by atoms with E-state index in [0.29, 0.717) is 30.0 Å². The van der Waals surface area contributed by atoms with Gasteiger partial charge in [-0.3, -0.25) is 4.79 Å². The predicted octanol–water partition coefficient (Wildman–Crippen LogP) is 3.64. The fourth-order valence-corrected chi connectivity index (χ4v) is 6.90. The summed E-state index contributed by atoms with van der Waals surface area (Å²) in [5, 5.41) is 0. The van der Waals surface area contributed by atoms with Crippen molar-refractivity contribution in [3.8, 4) is 5.75 Å². The van der Waals surface area contributed by atoms with Crippen LogP contribution in [0.25, 0.3) is 0 Å². The van der Waals surface area contributed by atoms with Crippen LogP contribution >= 0.6 is 0 Å². The van der Waals surface area contributed by atoms with Crippen LogP contribution < -0.4 is 4.74 Å². The van der Waals surface area contributed by atoms with Gasteiger partial charge in [-0.25, -0.2) is 8.42 Å². The molecular weight excluding hydrogens is 424 g/mol. The first-order valence-corrected chi connectivity index (χ1v) is 12.0. The summed E-state index contributed by atoms with van der Waals surface area (Å²) in [4.78, 5) is 15.2. The molecule has 2 aliphatic rings. The summed E-state index contributed by atoms with van der Waals surface area (Å²) in [6.45, 7) is 1.05.